The summed E-state index contributed by atoms with van der Waals surface area (Å²) in [7, 11) is 0. The van der Waals surface area contributed by atoms with Crippen molar-refractivity contribution in [3.8, 4) is 0 Å². The highest BCUT2D eigenvalue weighted by Crippen LogP contribution is 2.52. The summed E-state index contributed by atoms with van der Waals surface area (Å²) < 4.78 is 0.985. The first-order chi connectivity index (χ1) is 12.9. The lowest BCUT2D eigenvalue weighted by molar-refractivity contribution is -0.135. The van der Waals surface area contributed by atoms with E-state index in [1.165, 1.54) is 0 Å². The van der Waals surface area contributed by atoms with Crippen molar-refractivity contribution >= 4 is 33.7 Å². The van der Waals surface area contributed by atoms with Gasteiger partial charge in [0.05, 0.1) is 6.54 Å². The van der Waals surface area contributed by atoms with Crippen LogP contribution in [0.1, 0.15) is 48.5 Å². The zero-order valence-corrected chi connectivity index (χ0v) is 17.0. The van der Waals surface area contributed by atoms with Crippen LogP contribution in [0.4, 0.5) is 0 Å². The molecular formula is C20H24BrN3O3. The Balaban J connectivity index is 1.43. The highest BCUT2D eigenvalue weighted by atomic mass is 79.9. The number of carbonyl (C=O) groups excluding carboxylic acids is 3. The second-order valence-corrected chi connectivity index (χ2v) is 8.78. The Morgan fingerprint density at radius 3 is 2.78 bits per heavy atom. The number of likely N-dealkylation sites (N-methyl/N-ethyl adjacent to an activating group) is 1. The summed E-state index contributed by atoms with van der Waals surface area (Å²) in [5.74, 6) is -0.0676. The van der Waals surface area contributed by atoms with Gasteiger partial charge in [0.1, 0.15) is 0 Å². The molecule has 3 aliphatic rings. The van der Waals surface area contributed by atoms with Crippen molar-refractivity contribution in [2.45, 2.75) is 44.1 Å². The molecule has 1 atom stereocenters. The van der Waals surface area contributed by atoms with Gasteiger partial charge in [0, 0.05) is 47.5 Å². The van der Waals surface area contributed by atoms with Gasteiger partial charge in [-0.2, -0.15) is 0 Å². The summed E-state index contributed by atoms with van der Waals surface area (Å²) in [6.45, 7) is 3.83. The molecule has 6 nitrogen and oxygen atoms in total. The fourth-order valence-electron chi connectivity index (χ4n) is 4.33. The van der Waals surface area contributed by atoms with Crippen LogP contribution in [-0.2, 0) is 15.0 Å². The van der Waals surface area contributed by atoms with Gasteiger partial charge in [-0.15, -0.1) is 0 Å². The maximum absolute atomic E-state index is 12.9. The minimum Gasteiger partial charge on any atom is -0.350 e. The first-order valence-electron chi connectivity index (χ1n) is 9.58. The summed E-state index contributed by atoms with van der Waals surface area (Å²) in [5.41, 5.74) is 1.85. The van der Waals surface area contributed by atoms with Crippen LogP contribution in [0.3, 0.4) is 0 Å². The molecule has 4 rings (SSSR count). The monoisotopic (exact) mass is 433 g/mol. The van der Waals surface area contributed by atoms with Crippen molar-refractivity contribution < 1.29 is 14.4 Å². The van der Waals surface area contributed by atoms with Gasteiger partial charge in [0.2, 0.25) is 11.8 Å². The SMILES string of the molecule is CCN1C[C@H](NC(=O)CN2CC3(CC3)c3cc(Br)ccc3C2=O)CCC1=O. The van der Waals surface area contributed by atoms with Crippen LogP contribution < -0.4 is 5.32 Å². The molecule has 1 spiro atoms. The van der Waals surface area contributed by atoms with E-state index in [2.05, 4.69) is 27.3 Å². The van der Waals surface area contributed by atoms with Crippen LogP contribution in [0.15, 0.2) is 22.7 Å². The molecule has 1 aromatic rings. The van der Waals surface area contributed by atoms with E-state index in [4.69, 9.17) is 0 Å². The van der Waals surface area contributed by atoms with E-state index in [0.717, 1.165) is 28.4 Å². The van der Waals surface area contributed by atoms with Crippen LogP contribution in [0.25, 0.3) is 0 Å². The average Bonchev–Trinajstić information content (AvgIpc) is 3.41. The van der Waals surface area contributed by atoms with Crippen molar-refractivity contribution in [2.24, 2.45) is 0 Å². The number of hydrogen-bond donors (Lipinski definition) is 1. The molecule has 7 heteroatoms. The van der Waals surface area contributed by atoms with Crippen molar-refractivity contribution in [2.75, 3.05) is 26.2 Å². The maximum Gasteiger partial charge on any atom is 0.254 e. The minimum atomic E-state index is -0.143. The normalized spacial score (nSPS) is 23.4. The van der Waals surface area contributed by atoms with Gasteiger partial charge >= 0.3 is 0 Å². The molecule has 2 aliphatic heterocycles. The molecule has 1 saturated carbocycles. The zero-order chi connectivity index (χ0) is 19.2. The number of carbonyl (C=O) groups is 3. The van der Waals surface area contributed by atoms with Gasteiger partial charge in [0.15, 0.2) is 0 Å². The Morgan fingerprint density at radius 1 is 1.30 bits per heavy atom. The molecule has 0 bridgehead atoms. The van der Waals surface area contributed by atoms with Gasteiger partial charge in [0.25, 0.3) is 5.91 Å². The molecule has 1 saturated heterocycles. The van der Waals surface area contributed by atoms with Gasteiger partial charge in [-0.3, -0.25) is 14.4 Å². The molecule has 2 fully saturated rings. The van der Waals surface area contributed by atoms with Gasteiger partial charge < -0.3 is 15.1 Å². The largest absolute Gasteiger partial charge is 0.350 e. The van der Waals surface area contributed by atoms with E-state index in [-0.39, 0.29) is 35.7 Å². The first kappa shape index (κ1) is 18.5. The summed E-state index contributed by atoms with van der Waals surface area (Å²) in [6, 6.07) is 5.76. The van der Waals surface area contributed by atoms with Gasteiger partial charge in [-0.1, -0.05) is 15.9 Å². The van der Waals surface area contributed by atoms with Crippen molar-refractivity contribution in [3.63, 3.8) is 0 Å². The lowest BCUT2D eigenvalue weighted by Gasteiger charge is -2.36. The summed E-state index contributed by atoms with van der Waals surface area (Å²) in [5, 5.41) is 3.02. The number of fused-ring (bicyclic) bond motifs is 2. The van der Waals surface area contributed by atoms with Crippen LogP contribution >= 0.6 is 15.9 Å². The number of nitrogens with one attached hydrogen (secondary N) is 1. The summed E-state index contributed by atoms with van der Waals surface area (Å²) >= 11 is 3.50. The maximum atomic E-state index is 12.9. The fourth-order valence-corrected chi connectivity index (χ4v) is 4.69. The lowest BCUT2D eigenvalue weighted by Crippen LogP contribution is -2.53. The Kier molecular flexibility index (Phi) is 4.74. The zero-order valence-electron chi connectivity index (χ0n) is 15.5. The molecule has 27 heavy (non-hydrogen) atoms. The third-order valence-corrected chi connectivity index (χ3v) is 6.49. The highest BCUT2D eigenvalue weighted by molar-refractivity contribution is 9.10. The standard InChI is InChI=1S/C20H24BrN3O3/c1-2-23-10-14(4-6-18(23)26)22-17(25)11-24-12-20(7-8-20)16-9-13(21)3-5-15(16)19(24)27/h3,5,9,14H,2,4,6-8,10-12H2,1H3,(H,22,25)/t14-/m1/s1. The molecule has 2 heterocycles. The molecule has 1 aliphatic carbocycles. The van der Waals surface area contributed by atoms with Crippen molar-refractivity contribution in [1.82, 2.24) is 15.1 Å². The van der Waals surface area contributed by atoms with E-state index in [1.54, 1.807) is 9.80 Å². The molecule has 3 amide bonds. The topological polar surface area (TPSA) is 69.7 Å². The molecule has 0 radical (unpaired) electrons. The Hall–Kier alpha value is -1.89. The predicted octanol–water partition coefficient (Wildman–Crippen LogP) is 2.06. The number of piperidine rings is 1. The van der Waals surface area contributed by atoms with Gasteiger partial charge in [-0.05, 0) is 49.9 Å². The average molecular weight is 434 g/mol. The number of halogens is 1. The Morgan fingerprint density at radius 2 is 2.07 bits per heavy atom. The third-order valence-electron chi connectivity index (χ3n) is 6.00. The minimum absolute atomic E-state index is 0.0174. The molecule has 1 aromatic carbocycles. The van der Waals surface area contributed by atoms with E-state index in [1.807, 2.05) is 19.1 Å². The first-order valence-corrected chi connectivity index (χ1v) is 10.4. The number of rotatable bonds is 4. The smallest absolute Gasteiger partial charge is 0.254 e. The Labute approximate surface area is 167 Å². The van der Waals surface area contributed by atoms with Crippen molar-refractivity contribution in [3.05, 3.63) is 33.8 Å². The summed E-state index contributed by atoms with van der Waals surface area (Å²) in [4.78, 5) is 40.7. The number of likely N-dealkylation sites (tertiary alicyclic amines) is 1. The quantitative estimate of drug-likeness (QED) is 0.789. The molecular weight excluding hydrogens is 410 g/mol. The molecule has 1 N–H and O–H groups in total. The van der Waals surface area contributed by atoms with Crippen LogP contribution in [0.2, 0.25) is 0 Å². The van der Waals surface area contributed by atoms with Gasteiger partial charge in [-0.25, -0.2) is 0 Å². The highest BCUT2D eigenvalue weighted by Gasteiger charge is 2.51. The van der Waals surface area contributed by atoms with E-state index >= 15 is 0 Å². The lowest BCUT2D eigenvalue weighted by atomic mass is 9.86. The summed E-state index contributed by atoms with van der Waals surface area (Å²) in [6.07, 6.45) is 3.23. The van der Waals surface area contributed by atoms with Crippen molar-refractivity contribution in [1.29, 1.82) is 0 Å². The van der Waals surface area contributed by atoms with E-state index < -0.39 is 0 Å². The number of amides is 3. The fraction of sp³-hybridized carbons (Fsp3) is 0.550. The Bertz CT molecular complexity index is 806. The molecule has 0 aromatic heterocycles. The molecule has 144 valence electrons. The van der Waals surface area contributed by atoms with Crippen LogP contribution in [-0.4, -0.2) is 59.7 Å². The van der Waals surface area contributed by atoms with E-state index in [9.17, 15) is 14.4 Å². The second kappa shape index (κ2) is 6.93. The van der Waals surface area contributed by atoms with Crippen LogP contribution in [0.5, 0.6) is 0 Å². The number of benzene rings is 1. The second-order valence-electron chi connectivity index (χ2n) is 7.87. The van der Waals surface area contributed by atoms with E-state index in [0.29, 0.717) is 32.5 Å². The molecule has 0 unspecified atom stereocenters. The van der Waals surface area contributed by atoms with Crippen LogP contribution in [0, 0.1) is 0 Å². The number of nitrogens with zero attached hydrogens (tertiary/aromatic N) is 2. The third kappa shape index (κ3) is 3.49. The predicted molar refractivity (Wildman–Crippen MR) is 104 cm³/mol. The number of hydrogen-bond acceptors (Lipinski definition) is 3.